The number of ketones is 1. The molecule has 2 heterocycles. The molecule has 0 aliphatic rings. The van der Waals surface area contributed by atoms with Crippen molar-refractivity contribution in [1.82, 2.24) is 0 Å². The minimum Gasteiger partial charge on any atom is -0.464 e. The van der Waals surface area contributed by atoms with E-state index in [1.807, 2.05) is 13.0 Å². The number of furan rings is 2. The third-order valence-electron chi connectivity index (χ3n) is 4.08. The van der Waals surface area contributed by atoms with Crippen molar-refractivity contribution in [3.8, 4) is 11.3 Å². The molecule has 0 saturated carbocycles. The van der Waals surface area contributed by atoms with Crippen LogP contribution in [-0.2, 0) is 0 Å². The van der Waals surface area contributed by atoms with Crippen molar-refractivity contribution in [2.75, 3.05) is 0 Å². The Morgan fingerprint density at radius 2 is 1.72 bits per heavy atom. The third-order valence-corrected chi connectivity index (χ3v) is 4.08. The van der Waals surface area contributed by atoms with E-state index in [0.717, 1.165) is 5.39 Å². The standard InChI is InChI=1S/C21H14O4/c1-13-7-10-17(25-13)19-18(20(23)14-5-3-2-4-6-14)16(22)9-8-15-11-12-24-21(15)19/h2-12H,1H3. The molecule has 0 amide bonds. The Kier molecular flexibility index (Phi) is 3.58. The Labute approximate surface area is 143 Å². The minimum atomic E-state index is -0.371. The Morgan fingerprint density at radius 3 is 2.44 bits per heavy atom. The third kappa shape index (κ3) is 2.58. The fourth-order valence-corrected chi connectivity index (χ4v) is 2.90. The van der Waals surface area contributed by atoms with Gasteiger partial charge in [0.05, 0.1) is 17.4 Å². The number of hydrogen-bond acceptors (Lipinski definition) is 4. The topological polar surface area (TPSA) is 60.4 Å². The van der Waals surface area contributed by atoms with Gasteiger partial charge in [-0.3, -0.25) is 9.59 Å². The van der Waals surface area contributed by atoms with Gasteiger partial charge < -0.3 is 8.83 Å². The van der Waals surface area contributed by atoms with E-state index in [2.05, 4.69) is 0 Å². The molecule has 0 N–H and O–H groups in total. The van der Waals surface area contributed by atoms with Crippen LogP contribution in [0.5, 0.6) is 0 Å². The summed E-state index contributed by atoms with van der Waals surface area (Å²) in [5, 5.41) is 0.730. The summed E-state index contributed by atoms with van der Waals surface area (Å²) in [4.78, 5) is 25.8. The van der Waals surface area contributed by atoms with Crippen LogP contribution in [0.4, 0.5) is 0 Å². The van der Waals surface area contributed by atoms with E-state index in [1.165, 1.54) is 12.3 Å². The summed E-state index contributed by atoms with van der Waals surface area (Å²) in [5.74, 6) is 0.764. The Bertz CT molecular complexity index is 1130. The summed E-state index contributed by atoms with van der Waals surface area (Å²) in [7, 11) is 0. The first kappa shape index (κ1) is 15.1. The first-order valence-corrected chi connectivity index (χ1v) is 7.86. The number of carbonyl (C=O) groups excluding carboxylic acids is 1. The van der Waals surface area contributed by atoms with Crippen molar-refractivity contribution in [3.05, 3.63) is 94.0 Å². The smallest absolute Gasteiger partial charge is 0.197 e. The molecule has 25 heavy (non-hydrogen) atoms. The lowest BCUT2D eigenvalue weighted by Gasteiger charge is -2.04. The summed E-state index contributed by atoms with van der Waals surface area (Å²) in [6, 6.07) is 17.1. The molecule has 4 heteroatoms. The summed E-state index contributed by atoms with van der Waals surface area (Å²) in [5.41, 5.74) is 0.956. The van der Waals surface area contributed by atoms with Gasteiger partial charge in [-0.15, -0.1) is 0 Å². The van der Waals surface area contributed by atoms with Gasteiger partial charge in [0.25, 0.3) is 0 Å². The summed E-state index contributed by atoms with van der Waals surface area (Å²) in [6.07, 6.45) is 1.53. The van der Waals surface area contributed by atoms with Crippen LogP contribution in [-0.4, -0.2) is 5.78 Å². The van der Waals surface area contributed by atoms with E-state index in [-0.39, 0.29) is 16.8 Å². The largest absolute Gasteiger partial charge is 0.464 e. The molecule has 0 saturated heterocycles. The molecule has 0 spiro atoms. The lowest BCUT2D eigenvalue weighted by molar-refractivity contribution is 0.103. The average Bonchev–Trinajstić information content (AvgIpc) is 3.24. The van der Waals surface area contributed by atoms with Crippen molar-refractivity contribution < 1.29 is 13.6 Å². The van der Waals surface area contributed by atoms with E-state index < -0.39 is 0 Å². The first-order valence-electron chi connectivity index (χ1n) is 7.86. The van der Waals surface area contributed by atoms with Crippen LogP contribution in [0.2, 0.25) is 0 Å². The second-order valence-corrected chi connectivity index (χ2v) is 5.76. The van der Waals surface area contributed by atoms with Crippen molar-refractivity contribution >= 4 is 16.8 Å². The van der Waals surface area contributed by atoms with Gasteiger partial charge in [0.15, 0.2) is 11.2 Å². The monoisotopic (exact) mass is 330 g/mol. The van der Waals surface area contributed by atoms with Crippen molar-refractivity contribution in [3.63, 3.8) is 0 Å². The van der Waals surface area contributed by atoms with Crippen molar-refractivity contribution in [2.24, 2.45) is 0 Å². The van der Waals surface area contributed by atoms with E-state index in [4.69, 9.17) is 8.83 Å². The molecule has 2 aromatic heterocycles. The lowest BCUT2D eigenvalue weighted by atomic mass is 9.98. The highest BCUT2D eigenvalue weighted by Crippen LogP contribution is 2.32. The molecule has 0 unspecified atom stereocenters. The zero-order valence-corrected chi connectivity index (χ0v) is 13.5. The molecule has 4 rings (SSSR count). The number of carbonyl (C=O) groups is 1. The zero-order valence-electron chi connectivity index (χ0n) is 13.5. The Hall–Kier alpha value is -3.40. The van der Waals surface area contributed by atoms with Crippen LogP contribution >= 0.6 is 0 Å². The second-order valence-electron chi connectivity index (χ2n) is 5.76. The van der Waals surface area contributed by atoms with E-state index >= 15 is 0 Å². The predicted molar refractivity (Wildman–Crippen MR) is 94.8 cm³/mol. The fourth-order valence-electron chi connectivity index (χ4n) is 2.90. The molecule has 0 aliphatic heterocycles. The molecule has 122 valence electrons. The van der Waals surface area contributed by atoms with Crippen LogP contribution in [0.25, 0.3) is 22.3 Å². The van der Waals surface area contributed by atoms with Gasteiger partial charge in [0.1, 0.15) is 17.1 Å². The van der Waals surface area contributed by atoms with Gasteiger partial charge in [-0.1, -0.05) is 30.3 Å². The highest BCUT2D eigenvalue weighted by atomic mass is 16.3. The van der Waals surface area contributed by atoms with Gasteiger partial charge in [-0.05, 0) is 37.3 Å². The molecule has 4 nitrogen and oxygen atoms in total. The summed E-state index contributed by atoms with van der Waals surface area (Å²) < 4.78 is 11.3. The number of aryl methyl sites for hydroxylation is 1. The van der Waals surface area contributed by atoms with Crippen LogP contribution < -0.4 is 5.43 Å². The maximum atomic E-state index is 13.1. The molecule has 4 aromatic rings. The normalized spacial score (nSPS) is 10.9. The minimum absolute atomic E-state index is 0.0468. The van der Waals surface area contributed by atoms with Crippen LogP contribution in [0.3, 0.4) is 0 Å². The molecule has 0 radical (unpaired) electrons. The lowest BCUT2D eigenvalue weighted by Crippen LogP contribution is -2.14. The summed E-state index contributed by atoms with van der Waals surface area (Å²) >= 11 is 0. The predicted octanol–water partition coefficient (Wildman–Crippen LogP) is 4.59. The van der Waals surface area contributed by atoms with Gasteiger partial charge in [-0.25, -0.2) is 0 Å². The number of rotatable bonds is 3. The van der Waals surface area contributed by atoms with Gasteiger partial charge >= 0.3 is 0 Å². The Balaban J connectivity index is 2.11. The van der Waals surface area contributed by atoms with Crippen LogP contribution in [0.15, 0.2) is 80.6 Å². The van der Waals surface area contributed by atoms with E-state index in [1.54, 1.807) is 48.5 Å². The maximum Gasteiger partial charge on any atom is 0.197 e. The van der Waals surface area contributed by atoms with Crippen molar-refractivity contribution in [2.45, 2.75) is 6.92 Å². The SMILES string of the molecule is Cc1ccc(-c2c(C(=O)c3ccccc3)c(=O)ccc3ccoc23)o1. The van der Waals surface area contributed by atoms with Crippen molar-refractivity contribution in [1.29, 1.82) is 0 Å². The van der Waals surface area contributed by atoms with Gasteiger partial charge in [0, 0.05) is 10.9 Å². The summed E-state index contributed by atoms with van der Waals surface area (Å²) in [6.45, 7) is 1.81. The molecule has 0 atom stereocenters. The molecule has 2 aromatic carbocycles. The van der Waals surface area contributed by atoms with Crippen LogP contribution in [0, 0.1) is 6.92 Å². The molecule has 0 aliphatic carbocycles. The number of hydrogen-bond donors (Lipinski definition) is 0. The molecule has 0 bridgehead atoms. The zero-order chi connectivity index (χ0) is 17.4. The highest BCUT2D eigenvalue weighted by Gasteiger charge is 2.23. The highest BCUT2D eigenvalue weighted by molar-refractivity contribution is 6.15. The van der Waals surface area contributed by atoms with Crippen LogP contribution in [0.1, 0.15) is 21.7 Å². The molecular formula is C21H14O4. The fraction of sp³-hybridized carbons (Fsp3) is 0.0476. The van der Waals surface area contributed by atoms with Gasteiger partial charge in [-0.2, -0.15) is 0 Å². The number of benzene rings is 1. The van der Waals surface area contributed by atoms with Gasteiger partial charge in [0.2, 0.25) is 0 Å². The average molecular weight is 330 g/mol. The Morgan fingerprint density at radius 1 is 0.920 bits per heavy atom. The van der Waals surface area contributed by atoms with E-state index in [9.17, 15) is 9.59 Å². The first-order chi connectivity index (χ1) is 12.1. The second kappa shape index (κ2) is 5.91. The maximum absolute atomic E-state index is 13.1. The molecule has 0 fully saturated rings. The quantitative estimate of drug-likeness (QED) is 0.515. The number of fused-ring (bicyclic) bond motifs is 1. The van der Waals surface area contributed by atoms with E-state index in [0.29, 0.717) is 28.2 Å². The molecular weight excluding hydrogens is 316 g/mol.